The second-order valence-electron chi connectivity index (χ2n) is 5.95. The van der Waals surface area contributed by atoms with E-state index in [0.717, 1.165) is 18.2 Å². The molecule has 1 aromatic carbocycles. The fourth-order valence-electron chi connectivity index (χ4n) is 3.44. The SMILES string of the molecule is CCC1CCC(N(CC)c2ccc(C(=O)O)cc2N)CC1. The fraction of sp³-hybridized carbons (Fsp3) is 0.588. The van der Waals surface area contributed by atoms with E-state index in [4.69, 9.17) is 10.8 Å². The van der Waals surface area contributed by atoms with Crippen LogP contribution in [0.25, 0.3) is 0 Å². The average molecular weight is 290 g/mol. The maximum atomic E-state index is 11.0. The molecule has 0 spiro atoms. The minimum absolute atomic E-state index is 0.252. The number of nitrogens with zero attached hydrogens (tertiary/aromatic N) is 1. The van der Waals surface area contributed by atoms with Crippen LogP contribution in [0, 0.1) is 5.92 Å². The maximum absolute atomic E-state index is 11.0. The molecule has 21 heavy (non-hydrogen) atoms. The van der Waals surface area contributed by atoms with Gasteiger partial charge in [0.1, 0.15) is 0 Å². The van der Waals surface area contributed by atoms with Gasteiger partial charge in [0.25, 0.3) is 0 Å². The molecule has 0 amide bonds. The van der Waals surface area contributed by atoms with Gasteiger partial charge in [0.05, 0.1) is 16.9 Å². The molecule has 4 heteroatoms. The molecule has 0 aliphatic heterocycles. The lowest BCUT2D eigenvalue weighted by Crippen LogP contribution is -2.38. The van der Waals surface area contributed by atoms with Gasteiger partial charge in [-0.15, -0.1) is 0 Å². The summed E-state index contributed by atoms with van der Waals surface area (Å²) >= 11 is 0. The Bertz CT molecular complexity index is 494. The average Bonchev–Trinajstić information content (AvgIpc) is 2.50. The first-order chi connectivity index (χ1) is 10.1. The number of anilines is 2. The first kappa shape index (κ1) is 15.7. The Morgan fingerprint density at radius 2 is 1.95 bits per heavy atom. The molecule has 0 saturated heterocycles. The van der Waals surface area contributed by atoms with Crippen molar-refractivity contribution < 1.29 is 9.90 Å². The van der Waals surface area contributed by atoms with E-state index in [1.165, 1.54) is 32.1 Å². The fourth-order valence-corrected chi connectivity index (χ4v) is 3.44. The number of carboxylic acids is 1. The second kappa shape index (κ2) is 6.83. The predicted octanol–water partition coefficient (Wildman–Crippen LogP) is 3.76. The number of hydrogen-bond donors (Lipinski definition) is 2. The molecule has 0 unspecified atom stereocenters. The van der Waals surface area contributed by atoms with Crippen LogP contribution < -0.4 is 10.6 Å². The van der Waals surface area contributed by atoms with E-state index < -0.39 is 5.97 Å². The third kappa shape index (κ3) is 3.49. The molecule has 1 aromatic rings. The number of rotatable bonds is 5. The summed E-state index contributed by atoms with van der Waals surface area (Å²) in [6.45, 7) is 5.31. The zero-order valence-corrected chi connectivity index (χ0v) is 13.0. The molecule has 0 bridgehead atoms. The highest BCUT2D eigenvalue weighted by Gasteiger charge is 2.25. The first-order valence-electron chi connectivity index (χ1n) is 7.96. The van der Waals surface area contributed by atoms with Crippen molar-refractivity contribution in [3.05, 3.63) is 23.8 Å². The van der Waals surface area contributed by atoms with Gasteiger partial charge in [-0.25, -0.2) is 4.79 Å². The van der Waals surface area contributed by atoms with Crippen LogP contribution in [-0.2, 0) is 0 Å². The van der Waals surface area contributed by atoms with Crippen molar-refractivity contribution in [2.24, 2.45) is 5.92 Å². The lowest BCUT2D eigenvalue weighted by Gasteiger charge is -2.38. The molecule has 0 radical (unpaired) electrons. The molecule has 0 aromatic heterocycles. The van der Waals surface area contributed by atoms with Gasteiger partial charge in [0.15, 0.2) is 0 Å². The number of aromatic carboxylic acids is 1. The van der Waals surface area contributed by atoms with Crippen LogP contribution in [0.15, 0.2) is 18.2 Å². The van der Waals surface area contributed by atoms with E-state index in [9.17, 15) is 4.79 Å². The van der Waals surface area contributed by atoms with Crippen molar-refractivity contribution in [3.63, 3.8) is 0 Å². The summed E-state index contributed by atoms with van der Waals surface area (Å²) in [5.74, 6) is -0.0635. The molecule has 1 aliphatic rings. The van der Waals surface area contributed by atoms with E-state index in [1.807, 2.05) is 6.07 Å². The topological polar surface area (TPSA) is 66.6 Å². The number of nitrogens with two attached hydrogens (primary N) is 1. The standard InChI is InChI=1S/C17H26N2O2/c1-3-12-5-8-14(9-6-12)19(4-2)16-10-7-13(17(20)21)11-15(16)18/h7,10-12,14H,3-6,8-9,18H2,1-2H3,(H,20,21). The third-order valence-corrected chi connectivity index (χ3v) is 4.76. The summed E-state index contributed by atoms with van der Waals surface area (Å²) in [5, 5.41) is 9.03. The predicted molar refractivity (Wildman–Crippen MR) is 86.9 cm³/mol. The van der Waals surface area contributed by atoms with Gasteiger partial charge in [-0.2, -0.15) is 0 Å². The summed E-state index contributed by atoms with van der Waals surface area (Å²) < 4.78 is 0. The monoisotopic (exact) mass is 290 g/mol. The van der Waals surface area contributed by atoms with E-state index in [-0.39, 0.29) is 5.56 Å². The summed E-state index contributed by atoms with van der Waals surface area (Å²) in [6, 6.07) is 5.59. The van der Waals surface area contributed by atoms with Gasteiger partial charge >= 0.3 is 5.97 Å². The van der Waals surface area contributed by atoms with E-state index in [2.05, 4.69) is 18.7 Å². The molecular formula is C17H26N2O2. The Labute approximate surface area is 126 Å². The number of nitrogen functional groups attached to an aromatic ring is 1. The minimum atomic E-state index is -0.931. The molecule has 0 heterocycles. The van der Waals surface area contributed by atoms with Crippen molar-refractivity contribution in [2.75, 3.05) is 17.2 Å². The Morgan fingerprint density at radius 3 is 2.43 bits per heavy atom. The highest BCUT2D eigenvalue weighted by atomic mass is 16.4. The molecule has 116 valence electrons. The van der Waals surface area contributed by atoms with E-state index in [1.54, 1.807) is 12.1 Å². The first-order valence-corrected chi connectivity index (χ1v) is 7.96. The van der Waals surface area contributed by atoms with Crippen LogP contribution >= 0.6 is 0 Å². The van der Waals surface area contributed by atoms with Gasteiger partial charge in [-0.3, -0.25) is 0 Å². The van der Waals surface area contributed by atoms with Gasteiger partial charge in [0.2, 0.25) is 0 Å². The van der Waals surface area contributed by atoms with Gasteiger partial charge < -0.3 is 15.7 Å². The van der Waals surface area contributed by atoms with Crippen molar-refractivity contribution >= 4 is 17.3 Å². The maximum Gasteiger partial charge on any atom is 0.335 e. The smallest absolute Gasteiger partial charge is 0.335 e. The van der Waals surface area contributed by atoms with Crippen molar-refractivity contribution in [1.82, 2.24) is 0 Å². The van der Waals surface area contributed by atoms with Crippen LogP contribution in [0.5, 0.6) is 0 Å². The van der Waals surface area contributed by atoms with Crippen LogP contribution in [0.4, 0.5) is 11.4 Å². The Hall–Kier alpha value is -1.71. The molecule has 3 N–H and O–H groups in total. The molecule has 1 aliphatic carbocycles. The molecular weight excluding hydrogens is 264 g/mol. The summed E-state index contributed by atoms with van der Waals surface area (Å²) in [7, 11) is 0. The Balaban J connectivity index is 2.16. The molecule has 2 rings (SSSR count). The van der Waals surface area contributed by atoms with Crippen molar-refractivity contribution in [2.45, 2.75) is 52.0 Å². The quantitative estimate of drug-likeness (QED) is 0.810. The number of carbonyl (C=O) groups is 1. The highest BCUT2D eigenvalue weighted by Crippen LogP contribution is 2.34. The molecule has 4 nitrogen and oxygen atoms in total. The zero-order valence-electron chi connectivity index (χ0n) is 13.0. The number of benzene rings is 1. The van der Waals surface area contributed by atoms with E-state index >= 15 is 0 Å². The second-order valence-corrected chi connectivity index (χ2v) is 5.95. The third-order valence-electron chi connectivity index (χ3n) is 4.76. The molecule has 0 atom stereocenters. The summed E-state index contributed by atoms with van der Waals surface area (Å²) in [5.41, 5.74) is 7.88. The molecule has 1 fully saturated rings. The van der Waals surface area contributed by atoms with Gasteiger partial charge in [-0.05, 0) is 56.7 Å². The van der Waals surface area contributed by atoms with Crippen LogP contribution in [-0.4, -0.2) is 23.7 Å². The Morgan fingerprint density at radius 1 is 1.29 bits per heavy atom. The van der Waals surface area contributed by atoms with Crippen molar-refractivity contribution in [1.29, 1.82) is 0 Å². The van der Waals surface area contributed by atoms with Crippen molar-refractivity contribution in [3.8, 4) is 0 Å². The van der Waals surface area contributed by atoms with Crippen LogP contribution in [0.1, 0.15) is 56.3 Å². The number of hydrogen-bond acceptors (Lipinski definition) is 3. The van der Waals surface area contributed by atoms with Crippen LogP contribution in [0.3, 0.4) is 0 Å². The van der Waals surface area contributed by atoms with Gasteiger partial charge in [-0.1, -0.05) is 13.3 Å². The summed E-state index contributed by atoms with van der Waals surface area (Å²) in [4.78, 5) is 13.3. The molecule has 1 saturated carbocycles. The highest BCUT2D eigenvalue weighted by molar-refractivity contribution is 5.90. The summed E-state index contributed by atoms with van der Waals surface area (Å²) in [6.07, 6.45) is 6.24. The Kier molecular flexibility index (Phi) is 5.10. The normalized spacial score (nSPS) is 22.0. The largest absolute Gasteiger partial charge is 0.478 e. The minimum Gasteiger partial charge on any atom is -0.478 e. The number of carboxylic acid groups (broad SMARTS) is 1. The zero-order chi connectivity index (χ0) is 15.4. The van der Waals surface area contributed by atoms with E-state index in [0.29, 0.717) is 11.7 Å². The van der Waals surface area contributed by atoms with Gasteiger partial charge in [0, 0.05) is 12.6 Å². The lowest BCUT2D eigenvalue weighted by atomic mass is 9.83. The lowest BCUT2D eigenvalue weighted by molar-refractivity contribution is 0.0697. The van der Waals surface area contributed by atoms with Crippen LogP contribution in [0.2, 0.25) is 0 Å².